The molecular formula is C58H43N3. The van der Waals surface area contributed by atoms with Gasteiger partial charge in [-0.3, -0.25) is 0 Å². The predicted octanol–water partition coefficient (Wildman–Crippen LogP) is 13.8. The molecule has 0 fully saturated rings. The molecule has 0 saturated heterocycles. The highest BCUT2D eigenvalue weighted by molar-refractivity contribution is 5.90. The van der Waals surface area contributed by atoms with Crippen LogP contribution >= 0.6 is 0 Å². The summed E-state index contributed by atoms with van der Waals surface area (Å²) >= 11 is 0. The highest BCUT2D eigenvalue weighted by Crippen LogP contribution is 2.63. The lowest BCUT2D eigenvalue weighted by Gasteiger charge is -2.47. The Morgan fingerprint density at radius 3 is 1.39 bits per heavy atom. The fraction of sp³-hybridized carbons (Fsp3) is 0.121. The van der Waals surface area contributed by atoms with Crippen LogP contribution in [0.5, 0.6) is 0 Å². The van der Waals surface area contributed by atoms with Crippen LogP contribution < -0.4 is 0 Å². The zero-order valence-corrected chi connectivity index (χ0v) is 34.7. The molecular weight excluding hydrogens is 739 g/mol. The lowest BCUT2D eigenvalue weighted by Crippen LogP contribution is -2.41. The molecule has 3 aliphatic rings. The minimum Gasteiger partial charge on any atom is -0.208 e. The summed E-state index contributed by atoms with van der Waals surface area (Å²) in [5.41, 5.74) is 20.3. The highest BCUT2D eigenvalue weighted by atomic mass is 15.0. The lowest BCUT2D eigenvalue weighted by atomic mass is 9.54. The number of hydrogen-bond acceptors (Lipinski definition) is 3. The van der Waals surface area contributed by atoms with Crippen molar-refractivity contribution in [2.45, 2.75) is 43.9 Å². The van der Waals surface area contributed by atoms with Crippen LogP contribution in [0.4, 0.5) is 0 Å². The molecule has 0 atom stereocenters. The van der Waals surface area contributed by atoms with Gasteiger partial charge in [-0.05, 0) is 90.0 Å². The van der Waals surface area contributed by atoms with E-state index in [9.17, 15) is 0 Å². The Hall–Kier alpha value is -7.23. The molecule has 0 N–H and O–H groups in total. The number of nitrogens with zero attached hydrogens (tertiary/aromatic N) is 3. The Balaban J connectivity index is 1.05. The Bertz CT molecular complexity index is 3220. The molecule has 0 aliphatic heterocycles. The number of hydrogen-bond donors (Lipinski definition) is 0. The van der Waals surface area contributed by atoms with Crippen LogP contribution in [0.3, 0.4) is 0 Å². The molecule has 0 bridgehead atoms. The van der Waals surface area contributed by atoms with E-state index in [4.69, 9.17) is 15.0 Å². The molecule has 0 radical (unpaired) electrons. The summed E-state index contributed by atoms with van der Waals surface area (Å²) in [6.07, 6.45) is 0. The van der Waals surface area contributed by atoms with Crippen LogP contribution in [0.15, 0.2) is 188 Å². The number of aromatic nitrogens is 3. The molecule has 0 amide bonds. The van der Waals surface area contributed by atoms with E-state index in [1.807, 2.05) is 18.2 Å². The Kier molecular flexibility index (Phi) is 7.54. The standard InChI is InChI=1S/C58H43N3/c1-56(2)45-26-11-8-22-41(45)44-33-32-39(35-51(44)56)55-60-53(36-18-6-5-7-19-36)59-54(61-55)38-21-16-20-37(34-38)40-25-17-31-50-52(40)57(3,4)48-29-14-15-30-49(48)58(50)46-27-12-9-23-42(46)43-24-10-13-28-47(43)58/h5-35H,1-4H3. The molecule has 61 heavy (non-hydrogen) atoms. The minimum absolute atomic E-state index is 0.140. The second-order valence-corrected chi connectivity index (χ2v) is 17.9. The maximum Gasteiger partial charge on any atom is 0.164 e. The van der Waals surface area contributed by atoms with Crippen LogP contribution in [0.2, 0.25) is 0 Å². The second kappa shape index (κ2) is 12.9. The van der Waals surface area contributed by atoms with Crippen molar-refractivity contribution in [3.8, 4) is 67.5 Å². The van der Waals surface area contributed by atoms with Crippen LogP contribution in [-0.2, 0) is 16.2 Å². The molecule has 3 aliphatic carbocycles. The van der Waals surface area contributed by atoms with E-state index in [0.29, 0.717) is 17.5 Å². The smallest absolute Gasteiger partial charge is 0.164 e. The largest absolute Gasteiger partial charge is 0.208 e. The van der Waals surface area contributed by atoms with Gasteiger partial charge in [-0.2, -0.15) is 0 Å². The predicted molar refractivity (Wildman–Crippen MR) is 249 cm³/mol. The summed E-state index contributed by atoms with van der Waals surface area (Å²) in [7, 11) is 0. The Labute approximate surface area is 357 Å². The van der Waals surface area contributed by atoms with Crippen LogP contribution in [0, 0.1) is 0 Å². The molecule has 3 nitrogen and oxygen atoms in total. The Morgan fingerprint density at radius 1 is 0.279 bits per heavy atom. The molecule has 1 aromatic heterocycles. The molecule has 290 valence electrons. The van der Waals surface area contributed by atoms with Crippen LogP contribution in [0.25, 0.3) is 67.5 Å². The van der Waals surface area contributed by atoms with Gasteiger partial charge in [0.15, 0.2) is 17.5 Å². The molecule has 0 unspecified atom stereocenters. The van der Waals surface area contributed by atoms with Gasteiger partial charge < -0.3 is 0 Å². The van der Waals surface area contributed by atoms with Crippen molar-refractivity contribution in [1.29, 1.82) is 0 Å². The molecule has 12 rings (SSSR count). The molecule has 8 aromatic carbocycles. The second-order valence-electron chi connectivity index (χ2n) is 17.9. The maximum absolute atomic E-state index is 5.29. The van der Waals surface area contributed by atoms with Gasteiger partial charge in [-0.25, -0.2) is 15.0 Å². The SMILES string of the molecule is CC1(C)c2ccccc2-c2ccc(-c3nc(-c4ccccc4)nc(-c4cccc(-c5cccc6c5C(C)(C)c5ccccc5C65c6ccccc6-c6ccccc65)c4)n3)cc21. The van der Waals surface area contributed by atoms with Crippen molar-refractivity contribution in [1.82, 2.24) is 15.0 Å². The average molecular weight is 782 g/mol. The summed E-state index contributed by atoms with van der Waals surface area (Å²) in [6.45, 7) is 9.43. The van der Waals surface area contributed by atoms with Crippen LogP contribution in [-0.4, -0.2) is 15.0 Å². The third-order valence-electron chi connectivity index (χ3n) is 14.0. The Morgan fingerprint density at radius 2 is 0.721 bits per heavy atom. The number of fused-ring (bicyclic) bond motifs is 12. The van der Waals surface area contributed by atoms with E-state index in [-0.39, 0.29) is 10.8 Å². The van der Waals surface area contributed by atoms with Crippen molar-refractivity contribution in [3.05, 3.63) is 233 Å². The van der Waals surface area contributed by atoms with E-state index >= 15 is 0 Å². The van der Waals surface area contributed by atoms with Crippen molar-refractivity contribution < 1.29 is 0 Å². The molecule has 0 saturated carbocycles. The third-order valence-corrected chi connectivity index (χ3v) is 14.0. The zero-order valence-electron chi connectivity index (χ0n) is 34.7. The minimum atomic E-state index is -0.457. The topological polar surface area (TPSA) is 38.7 Å². The van der Waals surface area contributed by atoms with Crippen molar-refractivity contribution in [3.63, 3.8) is 0 Å². The summed E-state index contributed by atoms with van der Waals surface area (Å²) in [5, 5.41) is 0. The normalized spacial score (nSPS) is 15.3. The number of benzene rings is 8. The number of rotatable bonds is 4. The van der Waals surface area contributed by atoms with Gasteiger partial charge in [0.1, 0.15) is 0 Å². The first-order valence-corrected chi connectivity index (χ1v) is 21.4. The third kappa shape index (κ3) is 4.95. The first kappa shape index (κ1) is 35.7. The van der Waals surface area contributed by atoms with Crippen LogP contribution in [0.1, 0.15) is 72.2 Å². The maximum atomic E-state index is 5.29. The molecule has 9 aromatic rings. The summed E-state index contributed by atoms with van der Waals surface area (Å²) < 4.78 is 0. The average Bonchev–Trinajstić information content (AvgIpc) is 3.74. The monoisotopic (exact) mass is 781 g/mol. The van der Waals surface area contributed by atoms with Gasteiger partial charge in [0, 0.05) is 27.5 Å². The van der Waals surface area contributed by atoms with Crippen molar-refractivity contribution in [2.75, 3.05) is 0 Å². The van der Waals surface area contributed by atoms with E-state index in [0.717, 1.165) is 22.3 Å². The van der Waals surface area contributed by atoms with Gasteiger partial charge in [0.25, 0.3) is 0 Å². The van der Waals surface area contributed by atoms with E-state index in [2.05, 4.69) is 198 Å². The quantitative estimate of drug-likeness (QED) is 0.178. The van der Waals surface area contributed by atoms with Crippen molar-refractivity contribution >= 4 is 0 Å². The molecule has 1 heterocycles. The molecule has 3 heteroatoms. The first-order valence-electron chi connectivity index (χ1n) is 21.4. The van der Waals surface area contributed by atoms with Crippen molar-refractivity contribution in [2.24, 2.45) is 0 Å². The summed E-state index contributed by atoms with van der Waals surface area (Å²) in [4.78, 5) is 15.6. The van der Waals surface area contributed by atoms with Gasteiger partial charge in [-0.15, -0.1) is 0 Å². The zero-order chi connectivity index (χ0) is 41.1. The molecule has 1 spiro atoms. The van der Waals surface area contributed by atoms with Gasteiger partial charge in [-0.1, -0.05) is 204 Å². The van der Waals surface area contributed by atoms with E-state index in [1.165, 1.54) is 72.3 Å². The fourth-order valence-electron chi connectivity index (χ4n) is 11.2. The fourth-order valence-corrected chi connectivity index (χ4v) is 11.2. The summed E-state index contributed by atoms with van der Waals surface area (Å²) in [5.74, 6) is 1.97. The van der Waals surface area contributed by atoms with E-state index < -0.39 is 5.41 Å². The van der Waals surface area contributed by atoms with Gasteiger partial charge in [0.05, 0.1) is 5.41 Å². The van der Waals surface area contributed by atoms with Gasteiger partial charge >= 0.3 is 0 Å². The highest BCUT2D eigenvalue weighted by Gasteiger charge is 2.53. The first-order chi connectivity index (χ1) is 29.8. The lowest BCUT2D eigenvalue weighted by molar-refractivity contribution is 0.565. The van der Waals surface area contributed by atoms with E-state index in [1.54, 1.807) is 0 Å². The van der Waals surface area contributed by atoms with Gasteiger partial charge in [0.2, 0.25) is 0 Å². The summed E-state index contributed by atoms with van der Waals surface area (Å²) in [6, 6.07) is 68.8.